The quantitative estimate of drug-likeness (QED) is 0.391. The van der Waals surface area contributed by atoms with E-state index in [2.05, 4.69) is 0 Å². The molecular formula is C20H36N2O7S. The molecule has 0 aliphatic rings. The third-order valence-corrected chi connectivity index (χ3v) is 4.92. The normalized spacial score (nSPS) is 12.9. The lowest BCUT2D eigenvalue weighted by Gasteiger charge is -2.07. The van der Waals surface area contributed by atoms with Crippen LogP contribution in [-0.4, -0.2) is 47.2 Å². The van der Waals surface area contributed by atoms with Crippen LogP contribution in [0.5, 0.6) is 0 Å². The Kier molecular flexibility index (Phi) is 14.2. The predicted octanol–water partition coefficient (Wildman–Crippen LogP) is 2.44. The van der Waals surface area contributed by atoms with Gasteiger partial charge in [0, 0.05) is 0 Å². The molecule has 0 bridgehead atoms. The van der Waals surface area contributed by atoms with Gasteiger partial charge in [-0.25, -0.2) is 0 Å². The van der Waals surface area contributed by atoms with Crippen LogP contribution in [0.4, 0.5) is 0 Å². The molecule has 0 aromatic heterocycles. The van der Waals surface area contributed by atoms with Gasteiger partial charge in [-0.15, -0.1) is 0 Å². The highest BCUT2D eigenvalue weighted by molar-refractivity contribution is 7.85. The maximum Gasteiger partial charge on any atom is 0.320 e. The lowest BCUT2D eigenvalue weighted by molar-refractivity contribution is -0.139. The summed E-state index contributed by atoms with van der Waals surface area (Å²) in [5, 5.41) is 16.6. The Morgan fingerprint density at radius 2 is 1.27 bits per heavy atom. The van der Waals surface area contributed by atoms with Crippen molar-refractivity contribution in [3.63, 3.8) is 0 Å². The number of carbonyl (C=O) groups is 2. The molecule has 7 N–H and O–H groups in total. The van der Waals surface area contributed by atoms with Crippen molar-refractivity contribution in [1.82, 2.24) is 0 Å². The van der Waals surface area contributed by atoms with Crippen molar-refractivity contribution in [2.24, 2.45) is 23.3 Å². The SMILES string of the molecule is CC(C)C[C@H](N)C(=O)O.CC(C)C[C@H](N)C(=O)O.Cc1cccc(S(=O)(=O)O)c1C. The third kappa shape index (κ3) is 14.0. The summed E-state index contributed by atoms with van der Waals surface area (Å²) in [5.41, 5.74) is 11.9. The first-order valence-electron chi connectivity index (χ1n) is 9.51. The van der Waals surface area contributed by atoms with E-state index in [9.17, 15) is 18.0 Å². The van der Waals surface area contributed by atoms with Gasteiger partial charge in [0.2, 0.25) is 0 Å². The fourth-order valence-electron chi connectivity index (χ4n) is 2.22. The topological polar surface area (TPSA) is 181 Å². The van der Waals surface area contributed by atoms with Crippen LogP contribution in [0.1, 0.15) is 51.7 Å². The highest BCUT2D eigenvalue weighted by Crippen LogP contribution is 2.17. The molecule has 0 radical (unpaired) electrons. The van der Waals surface area contributed by atoms with E-state index in [0.717, 1.165) is 5.56 Å². The zero-order chi connectivity index (χ0) is 24.2. The standard InChI is InChI=1S/C8H10O3S.2C6H13NO2/c1-6-4-3-5-8(7(6)2)12(9,10)11;2*1-4(2)3-5(7)6(8)9/h3-5H,1-2H3,(H,9,10,11);2*4-5H,3,7H2,1-2H3,(H,8,9)/t;2*5-/m.00/s1. The number of hydrogen-bond donors (Lipinski definition) is 5. The summed E-state index contributed by atoms with van der Waals surface area (Å²) in [5.74, 6) is -1.11. The van der Waals surface area contributed by atoms with E-state index in [4.69, 9.17) is 26.2 Å². The van der Waals surface area contributed by atoms with Crippen molar-refractivity contribution < 1.29 is 32.8 Å². The summed E-state index contributed by atoms with van der Waals surface area (Å²) in [7, 11) is -4.06. The predicted molar refractivity (Wildman–Crippen MR) is 116 cm³/mol. The van der Waals surface area contributed by atoms with Gasteiger partial charge < -0.3 is 21.7 Å². The van der Waals surface area contributed by atoms with E-state index < -0.39 is 34.1 Å². The number of aliphatic carboxylic acids is 2. The molecule has 174 valence electrons. The molecule has 0 saturated carbocycles. The Hall–Kier alpha value is -2.01. The minimum absolute atomic E-state index is 0.0116. The minimum atomic E-state index is -4.06. The van der Waals surface area contributed by atoms with Gasteiger partial charge >= 0.3 is 11.9 Å². The van der Waals surface area contributed by atoms with Crippen LogP contribution in [0, 0.1) is 25.7 Å². The van der Waals surface area contributed by atoms with Gasteiger partial charge in [-0.05, 0) is 55.7 Å². The molecule has 1 rings (SSSR count). The molecule has 1 aromatic carbocycles. The first kappa shape index (κ1) is 30.2. The van der Waals surface area contributed by atoms with E-state index in [-0.39, 0.29) is 4.90 Å². The zero-order valence-electron chi connectivity index (χ0n) is 18.5. The van der Waals surface area contributed by atoms with E-state index in [1.54, 1.807) is 26.0 Å². The molecule has 0 aliphatic heterocycles. The zero-order valence-corrected chi connectivity index (χ0v) is 19.3. The average Bonchev–Trinajstić information content (AvgIpc) is 2.56. The summed E-state index contributed by atoms with van der Waals surface area (Å²) in [6, 6.07) is 3.41. The Bertz CT molecular complexity index is 751. The molecule has 30 heavy (non-hydrogen) atoms. The number of nitrogens with two attached hydrogens (primary N) is 2. The number of benzene rings is 1. The van der Waals surface area contributed by atoms with Crippen LogP contribution in [0.2, 0.25) is 0 Å². The van der Waals surface area contributed by atoms with Gasteiger partial charge in [-0.3, -0.25) is 14.1 Å². The van der Waals surface area contributed by atoms with Gasteiger partial charge in [-0.2, -0.15) is 8.42 Å². The smallest absolute Gasteiger partial charge is 0.320 e. The van der Waals surface area contributed by atoms with E-state index in [0.29, 0.717) is 30.2 Å². The second-order valence-electron chi connectivity index (χ2n) is 7.82. The van der Waals surface area contributed by atoms with Crippen molar-refractivity contribution in [3.05, 3.63) is 29.3 Å². The van der Waals surface area contributed by atoms with Gasteiger partial charge in [-0.1, -0.05) is 39.8 Å². The Morgan fingerprint density at radius 1 is 0.900 bits per heavy atom. The maximum atomic E-state index is 10.8. The molecule has 10 heteroatoms. The molecular weight excluding hydrogens is 412 g/mol. The Balaban J connectivity index is 0. The van der Waals surface area contributed by atoms with Gasteiger partial charge in [0.15, 0.2) is 0 Å². The summed E-state index contributed by atoms with van der Waals surface area (Å²) < 4.78 is 30.3. The Morgan fingerprint density at radius 3 is 1.47 bits per heavy atom. The van der Waals surface area contributed by atoms with Crippen molar-refractivity contribution in [1.29, 1.82) is 0 Å². The summed E-state index contributed by atoms with van der Waals surface area (Å²) in [6.07, 6.45) is 1.10. The number of carboxylic acid groups (broad SMARTS) is 2. The van der Waals surface area contributed by atoms with Crippen molar-refractivity contribution >= 4 is 22.1 Å². The summed E-state index contributed by atoms with van der Waals surface area (Å²) >= 11 is 0. The Labute approximate surface area is 179 Å². The average molecular weight is 449 g/mol. The monoisotopic (exact) mass is 448 g/mol. The summed E-state index contributed by atoms with van der Waals surface area (Å²) in [4.78, 5) is 20.2. The molecule has 0 amide bonds. The van der Waals surface area contributed by atoms with Gasteiger partial charge in [0.25, 0.3) is 10.1 Å². The largest absolute Gasteiger partial charge is 0.480 e. The fourth-order valence-corrected chi connectivity index (χ4v) is 3.02. The van der Waals surface area contributed by atoms with Crippen LogP contribution in [0.25, 0.3) is 0 Å². The molecule has 0 saturated heterocycles. The van der Waals surface area contributed by atoms with Crippen LogP contribution >= 0.6 is 0 Å². The molecule has 0 unspecified atom stereocenters. The molecule has 0 heterocycles. The van der Waals surface area contributed by atoms with E-state index in [1.165, 1.54) is 6.07 Å². The first-order chi connectivity index (χ1) is 13.5. The van der Waals surface area contributed by atoms with Crippen molar-refractivity contribution in [2.45, 2.75) is 71.4 Å². The van der Waals surface area contributed by atoms with Crippen LogP contribution in [0.15, 0.2) is 23.1 Å². The molecule has 0 fully saturated rings. The lowest BCUT2D eigenvalue weighted by Crippen LogP contribution is -2.31. The van der Waals surface area contributed by atoms with E-state index >= 15 is 0 Å². The fraction of sp³-hybridized carbons (Fsp3) is 0.600. The molecule has 2 atom stereocenters. The van der Waals surface area contributed by atoms with Crippen molar-refractivity contribution in [3.8, 4) is 0 Å². The maximum absolute atomic E-state index is 10.8. The second-order valence-corrected chi connectivity index (χ2v) is 9.21. The second kappa shape index (κ2) is 14.1. The highest BCUT2D eigenvalue weighted by atomic mass is 32.2. The number of aryl methyl sites for hydroxylation is 1. The van der Waals surface area contributed by atoms with Crippen LogP contribution in [-0.2, 0) is 19.7 Å². The third-order valence-electron chi connectivity index (χ3n) is 3.92. The van der Waals surface area contributed by atoms with Crippen LogP contribution < -0.4 is 11.5 Å². The van der Waals surface area contributed by atoms with Gasteiger partial charge in [0.05, 0.1) is 4.90 Å². The molecule has 0 spiro atoms. The lowest BCUT2D eigenvalue weighted by atomic mass is 10.1. The highest BCUT2D eigenvalue weighted by Gasteiger charge is 2.13. The van der Waals surface area contributed by atoms with Gasteiger partial charge in [0.1, 0.15) is 12.1 Å². The summed E-state index contributed by atoms with van der Waals surface area (Å²) in [6.45, 7) is 11.2. The number of carboxylic acids is 2. The van der Waals surface area contributed by atoms with Crippen molar-refractivity contribution in [2.75, 3.05) is 0 Å². The molecule has 1 aromatic rings. The van der Waals surface area contributed by atoms with Crippen LogP contribution in [0.3, 0.4) is 0 Å². The number of rotatable bonds is 7. The van der Waals surface area contributed by atoms with E-state index in [1.807, 2.05) is 27.7 Å². The first-order valence-corrected chi connectivity index (χ1v) is 10.9. The molecule has 0 aliphatic carbocycles. The molecule has 9 nitrogen and oxygen atoms in total. The minimum Gasteiger partial charge on any atom is -0.480 e. The number of hydrogen-bond acceptors (Lipinski definition) is 6.